The zero-order valence-corrected chi connectivity index (χ0v) is 24.2. The van der Waals surface area contributed by atoms with E-state index < -0.39 is 18.4 Å². The van der Waals surface area contributed by atoms with E-state index >= 15 is 0 Å². The number of carbonyl (C=O) groups is 1. The van der Waals surface area contributed by atoms with Gasteiger partial charge in [0.25, 0.3) is 0 Å². The number of carbonyl (C=O) groups excluding carboxylic acids is 1. The van der Waals surface area contributed by atoms with Gasteiger partial charge in [0, 0.05) is 0 Å². The summed E-state index contributed by atoms with van der Waals surface area (Å²) < 4.78 is 10.8. The van der Waals surface area contributed by atoms with Gasteiger partial charge in [0.1, 0.15) is 0 Å². The Bertz CT molecular complexity index is 1020. The quantitative estimate of drug-likeness (QED) is 0.332. The van der Waals surface area contributed by atoms with Gasteiger partial charge in [-0.1, -0.05) is 0 Å². The van der Waals surface area contributed by atoms with Gasteiger partial charge in [-0.15, -0.1) is 0 Å². The van der Waals surface area contributed by atoms with E-state index in [-0.39, 0.29) is 18.2 Å². The zero-order chi connectivity index (χ0) is 24.8. The summed E-state index contributed by atoms with van der Waals surface area (Å²) in [5.74, 6) is 0.835. The van der Waals surface area contributed by atoms with Gasteiger partial charge in [-0.05, 0) is 0 Å². The summed E-state index contributed by atoms with van der Waals surface area (Å²) >= 11 is -3.53. The summed E-state index contributed by atoms with van der Waals surface area (Å²) in [5.41, 5.74) is 0. The van der Waals surface area contributed by atoms with Crippen molar-refractivity contribution in [3.63, 3.8) is 0 Å². The molecule has 0 aliphatic heterocycles. The molecule has 0 fully saturated rings. The fourth-order valence-electron chi connectivity index (χ4n) is 5.74. The maximum atomic E-state index is 13.1. The van der Waals surface area contributed by atoms with E-state index in [0.717, 1.165) is 25.0 Å². The second-order valence-corrected chi connectivity index (χ2v) is 21.7. The average Bonchev–Trinajstić information content (AvgIpc) is 2.86. The van der Waals surface area contributed by atoms with Crippen LogP contribution in [0.1, 0.15) is 47.0 Å². The molecule has 0 spiro atoms. The van der Waals surface area contributed by atoms with Gasteiger partial charge in [-0.25, -0.2) is 0 Å². The van der Waals surface area contributed by atoms with Crippen LogP contribution in [0.25, 0.3) is 0 Å². The normalized spacial score (nSPS) is 16.2. The van der Waals surface area contributed by atoms with E-state index in [2.05, 4.69) is 97.1 Å². The predicted octanol–water partition coefficient (Wildman–Crippen LogP) is 5.85. The second-order valence-electron chi connectivity index (χ2n) is 10.0. The molecule has 1 aliphatic rings. The number of benzene rings is 3. The molecule has 4 heteroatoms. The van der Waals surface area contributed by atoms with Gasteiger partial charge >= 0.3 is 215 Å². The Morgan fingerprint density at radius 2 is 1.20 bits per heavy atom. The molecule has 0 heterocycles. The molecule has 3 aromatic carbocycles. The number of nitrogens with zero attached hydrogens (tertiary/aromatic N) is 1. The molecule has 3 nitrogen and oxygen atoms in total. The van der Waals surface area contributed by atoms with Crippen molar-refractivity contribution in [1.82, 2.24) is 4.90 Å². The van der Waals surface area contributed by atoms with E-state index in [1.807, 2.05) is 32.6 Å². The van der Waals surface area contributed by atoms with Gasteiger partial charge < -0.3 is 0 Å². The fraction of sp³-hybridized carbons (Fsp3) is 0.323. The van der Waals surface area contributed by atoms with Crippen LogP contribution in [-0.2, 0) is 4.74 Å². The molecule has 1 atom stereocenters. The molecule has 0 N–H and O–H groups in total. The first-order valence-corrected chi connectivity index (χ1v) is 18.7. The molecule has 0 radical (unpaired) electrons. The van der Waals surface area contributed by atoms with Crippen LogP contribution in [-0.4, -0.2) is 41.5 Å². The van der Waals surface area contributed by atoms with E-state index in [1.54, 1.807) is 0 Å². The topological polar surface area (TPSA) is 29.5 Å². The molecule has 0 aromatic heterocycles. The number of hydrogen-bond acceptors (Lipinski definition) is 2. The summed E-state index contributed by atoms with van der Waals surface area (Å²) in [4.78, 5) is 15.0. The number of hydrogen-bond donors (Lipinski definition) is 0. The van der Waals surface area contributed by atoms with Crippen LogP contribution in [0, 0.1) is 0 Å². The van der Waals surface area contributed by atoms with E-state index in [4.69, 9.17) is 4.74 Å². The van der Waals surface area contributed by atoms with Crippen molar-refractivity contribution < 1.29 is 9.53 Å². The average molecular weight is 574 g/mol. The van der Waals surface area contributed by atoms with Crippen LogP contribution in [0.4, 0.5) is 4.79 Å². The first-order valence-electron chi connectivity index (χ1n) is 12.8. The molecule has 1 aliphatic carbocycles. The standard InChI is InChI=1S/C13H22NO2.3C6H5.Sn/c1-10(2)14(11(3)4)13(15)16-12-8-6-5-7-9-12;3*1-2-4-6-5-3-1;/h6,8,10-11H,5,7,9H2,1-4H3;3*1-5H;. The Kier molecular flexibility index (Phi) is 8.38. The number of ether oxygens (including phenoxy) is 1. The predicted molar refractivity (Wildman–Crippen MR) is 148 cm³/mol. The molecule has 0 saturated carbocycles. The molecule has 0 saturated heterocycles. The third-order valence-corrected chi connectivity index (χ3v) is 22.2. The van der Waals surface area contributed by atoms with Crippen molar-refractivity contribution in [1.29, 1.82) is 0 Å². The molecule has 35 heavy (non-hydrogen) atoms. The van der Waals surface area contributed by atoms with Gasteiger partial charge in [-0.2, -0.15) is 0 Å². The Morgan fingerprint density at radius 3 is 1.60 bits per heavy atom. The van der Waals surface area contributed by atoms with Gasteiger partial charge in [0.15, 0.2) is 0 Å². The second kappa shape index (κ2) is 11.5. The van der Waals surface area contributed by atoms with Crippen LogP contribution in [0.15, 0.2) is 103 Å². The maximum absolute atomic E-state index is 13.1. The summed E-state index contributed by atoms with van der Waals surface area (Å²) in [6.07, 6.45) is 5.03. The molecule has 0 unspecified atom stereocenters. The Labute approximate surface area is 214 Å². The van der Waals surface area contributed by atoms with Gasteiger partial charge in [0.05, 0.1) is 0 Å². The van der Waals surface area contributed by atoms with Crippen LogP contribution in [0.3, 0.4) is 0 Å². The molecular weight excluding hydrogens is 537 g/mol. The van der Waals surface area contributed by atoms with Crippen LogP contribution in [0.5, 0.6) is 0 Å². The van der Waals surface area contributed by atoms with Crippen molar-refractivity contribution in [3.8, 4) is 0 Å². The molecule has 3 aromatic rings. The van der Waals surface area contributed by atoms with Crippen molar-refractivity contribution in [2.45, 2.75) is 63.0 Å². The molecule has 0 bridgehead atoms. The number of rotatable bonds is 7. The van der Waals surface area contributed by atoms with Crippen LogP contribution in [0.2, 0.25) is 3.93 Å². The minimum absolute atomic E-state index is 0.0960. The van der Waals surface area contributed by atoms with Crippen LogP contribution < -0.4 is 10.7 Å². The zero-order valence-electron chi connectivity index (χ0n) is 21.4. The third-order valence-electron chi connectivity index (χ3n) is 7.11. The van der Waals surface area contributed by atoms with Gasteiger partial charge in [-0.3, -0.25) is 0 Å². The molecular formula is C31H37NO2Sn. The molecule has 4 rings (SSSR count). The Morgan fingerprint density at radius 1 is 0.771 bits per heavy atom. The first kappa shape index (κ1) is 25.6. The van der Waals surface area contributed by atoms with Crippen molar-refractivity contribution in [2.75, 3.05) is 0 Å². The monoisotopic (exact) mass is 575 g/mol. The molecule has 1 amide bonds. The summed E-state index contributed by atoms with van der Waals surface area (Å²) in [5, 5.41) is 0. The molecule has 182 valence electrons. The first-order chi connectivity index (χ1) is 16.9. The number of allylic oxidation sites excluding steroid dienone is 2. The summed E-state index contributed by atoms with van der Waals surface area (Å²) in [6, 6.07) is 33.5. The SMILES string of the molecule is CC(C)N(C(=O)OC1=C[C@@H]([Sn]([c]2ccccc2)([c]2ccccc2)[c]2ccccc2)CCC1)C(C)C. The Hall–Kier alpha value is -2.53. The van der Waals surface area contributed by atoms with Crippen molar-refractivity contribution >= 4 is 35.2 Å². The van der Waals surface area contributed by atoms with Crippen molar-refractivity contribution in [3.05, 3.63) is 103 Å². The van der Waals surface area contributed by atoms with E-state index in [9.17, 15) is 4.79 Å². The Balaban J connectivity index is 1.85. The summed E-state index contributed by atoms with van der Waals surface area (Å²) in [6.45, 7) is 8.17. The minimum atomic E-state index is -3.53. The van der Waals surface area contributed by atoms with E-state index in [0.29, 0.717) is 3.93 Å². The van der Waals surface area contributed by atoms with Crippen LogP contribution >= 0.6 is 0 Å². The van der Waals surface area contributed by atoms with E-state index in [1.165, 1.54) is 10.7 Å². The number of amides is 1. The summed E-state index contributed by atoms with van der Waals surface area (Å²) in [7, 11) is 0. The fourth-order valence-corrected chi connectivity index (χ4v) is 21.5. The van der Waals surface area contributed by atoms with Gasteiger partial charge in [0.2, 0.25) is 0 Å². The van der Waals surface area contributed by atoms with Crippen molar-refractivity contribution in [2.24, 2.45) is 0 Å². The third kappa shape index (κ3) is 5.35.